The zero-order valence-corrected chi connectivity index (χ0v) is 9.16. The largest absolute Gasteiger partial charge is 0.329 e. The number of hydrogen-bond acceptors (Lipinski definition) is 3. The average molecular weight is 229 g/mol. The molecule has 1 aliphatic rings. The highest BCUT2D eigenvalue weighted by Gasteiger charge is 2.19. The van der Waals surface area contributed by atoms with Crippen molar-refractivity contribution in [1.82, 2.24) is 4.72 Å². The van der Waals surface area contributed by atoms with Crippen molar-refractivity contribution in [3.05, 3.63) is 0 Å². The molecule has 1 saturated carbocycles. The SMILES string of the molecule is Cl.NCCS(=O)(=O)NCC1CCC1. The Morgan fingerprint density at radius 1 is 1.38 bits per heavy atom. The molecule has 0 saturated heterocycles. The molecular weight excluding hydrogens is 212 g/mol. The van der Waals surface area contributed by atoms with Gasteiger partial charge < -0.3 is 5.73 Å². The van der Waals surface area contributed by atoms with Crippen LogP contribution in [0.15, 0.2) is 0 Å². The van der Waals surface area contributed by atoms with E-state index in [9.17, 15) is 8.42 Å². The topological polar surface area (TPSA) is 72.2 Å². The molecule has 1 aliphatic carbocycles. The summed E-state index contributed by atoms with van der Waals surface area (Å²) in [5, 5.41) is 0. The highest BCUT2D eigenvalue weighted by molar-refractivity contribution is 7.89. The van der Waals surface area contributed by atoms with E-state index in [-0.39, 0.29) is 24.7 Å². The molecular formula is C7H17ClN2O2S. The van der Waals surface area contributed by atoms with Crippen LogP contribution in [0.4, 0.5) is 0 Å². The van der Waals surface area contributed by atoms with Crippen LogP contribution in [0.25, 0.3) is 0 Å². The van der Waals surface area contributed by atoms with E-state index in [2.05, 4.69) is 4.72 Å². The minimum Gasteiger partial charge on any atom is -0.329 e. The summed E-state index contributed by atoms with van der Waals surface area (Å²) in [5.74, 6) is 0.609. The molecule has 0 bridgehead atoms. The molecule has 0 amide bonds. The average Bonchev–Trinajstić information content (AvgIpc) is 1.82. The number of halogens is 1. The van der Waals surface area contributed by atoms with E-state index >= 15 is 0 Å². The van der Waals surface area contributed by atoms with Gasteiger partial charge in [-0.2, -0.15) is 0 Å². The summed E-state index contributed by atoms with van der Waals surface area (Å²) >= 11 is 0. The Labute approximate surface area is 85.7 Å². The first-order chi connectivity index (χ1) is 5.64. The molecule has 0 heterocycles. The number of nitrogens with one attached hydrogen (secondary N) is 1. The normalized spacial score (nSPS) is 17.6. The van der Waals surface area contributed by atoms with E-state index in [4.69, 9.17) is 5.73 Å². The van der Waals surface area contributed by atoms with Gasteiger partial charge in [0.05, 0.1) is 5.75 Å². The molecule has 0 radical (unpaired) electrons. The van der Waals surface area contributed by atoms with Crippen molar-refractivity contribution in [2.75, 3.05) is 18.8 Å². The molecule has 3 N–H and O–H groups in total. The quantitative estimate of drug-likeness (QED) is 0.701. The highest BCUT2D eigenvalue weighted by Crippen LogP contribution is 2.25. The molecule has 0 aliphatic heterocycles. The molecule has 1 rings (SSSR count). The van der Waals surface area contributed by atoms with Crippen molar-refractivity contribution < 1.29 is 8.42 Å². The van der Waals surface area contributed by atoms with Gasteiger partial charge in [0.1, 0.15) is 0 Å². The Morgan fingerprint density at radius 2 is 2.00 bits per heavy atom. The third-order valence-corrected chi connectivity index (χ3v) is 3.58. The van der Waals surface area contributed by atoms with E-state index in [0.29, 0.717) is 12.5 Å². The Morgan fingerprint density at radius 3 is 2.38 bits per heavy atom. The maximum Gasteiger partial charge on any atom is 0.212 e. The van der Waals surface area contributed by atoms with E-state index in [1.165, 1.54) is 6.42 Å². The van der Waals surface area contributed by atoms with Crippen molar-refractivity contribution in [3.63, 3.8) is 0 Å². The lowest BCUT2D eigenvalue weighted by Crippen LogP contribution is -2.35. The van der Waals surface area contributed by atoms with Crippen molar-refractivity contribution >= 4 is 22.4 Å². The van der Waals surface area contributed by atoms with Crippen molar-refractivity contribution in [1.29, 1.82) is 0 Å². The van der Waals surface area contributed by atoms with Crippen LogP contribution < -0.4 is 10.5 Å². The fourth-order valence-electron chi connectivity index (χ4n) is 1.17. The fourth-order valence-corrected chi connectivity index (χ4v) is 2.11. The van der Waals surface area contributed by atoms with Gasteiger partial charge in [-0.15, -0.1) is 12.4 Å². The predicted molar refractivity (Wildman–Crippen MR) is 55.4 cm³/mol. The summed E-state index contributed by atoms with van der Waals surface area (Å²) in [6.45, 7) is 0.794. The van der Waals surface area contributed by atoms with Gasteiger partial charge >= 0.3 is 0 Å². The van der Waals surface area contributed by atoms with Gasteiger partial charge in [-0.1, -0.05) is 6.42 Å². The summed E-state index contributed by atoms with van der Waals surface area (Å²) in [5.41, 5.74) is 5.15. The van der Waals surface area contributed by atoms with Crippen LogP contribution in [-0.2, 0) is 10.0 Å². The molecule has 6 heteroatoms. The van der Waals surface area contributed by atoms with E-state index in [1.807, 2.05) is 0 Å². The Balaban J connectivity index is 0.00000144. The molecule has 0 aromatic rings. The fraction of sp³-hybridized carbons (Fsp3) is 1.00. The van der Waals surface area contributed by atoms with Crippen LogP contribution in [0.3, 0.4) is 0 Å². The summed E-state index contributed by atoms with van der Waals surface area (Å²) in [6, 6.07) is 0. The maximum atomic E-state index is 11.1. The smallest absolute Gasteiger partial charge is 0.212 e. The van der Waals surface area contributed by atoms with Gasteiger partial charge in [0, 0.05) is 13.1 Å². The second kappa shape index (κ2) is 5.80. The predicted octanol–water partition coefficient (Wildman–Crippen LogP) is 0.0864. The van der Waals surface area contributed by atoms with Gasteiger partial charge in [0.2, 0.25) is 10.0 Å². The van der Waals surface area contributed by atoms with E-state index in [1.54, 1.807) is 0 Å². The molecule has 0 aromatic carbocycles. The Hall–Kier alpha value is 0.160. The third kappa shape index (κ3) is 4.81. The molecule has 0 aromatic heterocycles. The van der Waals surface area contributed by atoms with Gasteiger partial charge in [0.25, 0.3) is 0 Å². The van der Waals surface area contributed by atoms with Crippen LogP contribution in [0, 0.1) is 5.92 Å². The standard InChI is InChI=1S/C7H16N2O2S.ClH/c8-4-5-12(10,11)9-6-7-2-1-3-7;/h7,9H,1-6,8H2;1H. The summed E-state index contributed by atoms with van der Waals surface area (Å²) in [7, 11) is -3.08. The lowest BCUT2D eigenvalue weighted by Gasteiger charge is -2.25. The monoisotopic (exact) mass is 228 g/mol. The van der Waals surface area contributed by atoms with Gasteiger partial charge in [-0.25, -0.2) is 13.1 Å². The lowest BCUT2D eigenvalue weighted by atomic mass is 9.86. The lowest BCUT2D eigenvalue weighted by molar-refractivity contribution is 0.316. The van der Waals surface area contributed by atoms with Crippen LogP contribution in [0.2, 0.25) is 0 Å². The van der Waals surface area contributed by atoms with Crippen molar-refractivity contribution in [2.24, 2.45) is 11.7 Å². The zero-order valence-electron chi connectivity index (χ0n) is 7.53. The third-order valence-electron chi connectivity index (χ3n) is 2.20. The number of rotatable bonds is 5. The van der Waals surface area contributed by atoms with Gasteiger partial charge in [0.15, 0.2) is 0 Å². The van der Waals surface area contributed by atoms with Crippen LogP contribution in [0.5, 0.6) is 0 Å². The van der Waals surface area contributed by atoms with Gasteiger partial charge in [-0.3, -0.25) is 0 Å². The summed E-state index contributed by atoms with van der Waals surface area (Å²) in [4.78, 5) is 0. The number of nitrogens with two attached hydrogens (primary N) is 1. The second-order valence-electron chi connectivity index (χ2n) is 3.25. The van der Waals surface area contributed by atoms with Crippen molar-refractivity contribution in [3.8, 4) is 0 Å². The van der Waals surface area contributed by atoms with Crippen LogP contribution in [-0.4, -0.2) is 27.3 Å². The molecule has 0 unspecified atom stereocenters. The minimum atomic E-state index is -3.08. The highest BCUT2D eigenvalue weighted by atomic mass is 35.5. The number of sulfonamides is 1. The van der Waals surface area contributed by atoms with Crippen molar-refractivity contribution in [2.45, 2.75) is 19.3 Å². The summed E-state index contributed by atoms with van der Waals surface area (Å²) in [6.07, 6.45) is 3.56. The Kier molecular flexibility index (Phi) is 5.87. The first kappa shape index (κ1) is 13.2. The van der Waals surface area contributed by atoms with Gasteiger partial charge in [-0.05, 0) is 18.8 Å². The second-order valence-corrected chi connectivity index (χ2v) is 5.18. The van der Waals surface area contributed by atoms with Crippen LogP contribution >= 0.6 is 12.4 Å². The Bertz CT molecular complexity index is 227. The molecule has 13 heavy (non-hydrogen) atoms. The first-order valence-corrected chi connectivity index (χ1v) is 5.96. The number of hydrogen-bond donors (Lipinski definition) is 2. The molecule has 0 spiro atoms. The van der Waals surface area contributed by atoms with E-state index < -0.39 is 10.0 Å². The first-order valence-electron chi connectivity index (χ1n) is 4.31. The zero-order chi connectivity index (χ0) is 9.03. The van der Waals surface area contributed by atoms with Crippen LogP contribution in [0.1, 0.15) is 19.3 Å². The minimum absolute atomic E-state index is 0. The summed E-state index contributed by atoms with van der Waals surface area (Å²) < 4.78 is 24.7. The van der Waals surface area contributed by atoms with E-state index in [0.717, 1.165) is 12.8 Å². The maximum absolute atomic E-state index is 11.1. The molecule has 0 atom stereocenters. The molecule has 1 fully saturated rings. The molecule has 80 valence electrons. The molecule has 4 nitrogen and oxygen atoms in total.